The number of benzene rings is 1. The summed E-state index contributed by atoms with van der Waals surface area (Å²) in [5.74, 6) is 3.15. The van der Waals surface area contributed by atoms with Gasteiger partial charge in [0.2, 0.25) is 0 Å². The third kappa shape index (κ3) is 2.27. The van der Waals surface area contributed by atoms with Gasteiger partial charge in [-0.2, -0.15) is 4.40 Å². The van der Waals surface area contributed by atoms with Gasteiger partial charge in [-0.05, 0) is 61.2 Å². The van der Waals surface area contributed by atoms with Gasteiger partial charge in [0.25, 0.3) is 0 Å². The van der Waals surface area contributed by atoms with Crippen LogP contribution in [0.15, 0.2) is 40.9 Å². The molecule has 3 nitrogen and oxygen atoms in total. The Morgan fingerprint density at radius 2 is 2.24 bits per heavy atom. The summed E-state index contributed by atoms with van der Waals surface area (Å²) >= 11 is 1.65. The van der Waals surface area contributed by atoms with Crippen LogP contribution in [-0.4, -0.2) is 28.6 Å². The predicted octanol–water partition coefficient (Wildman–Crippen LogP) is 3.67. The highest BCUT2D eigenvalue weighted by Crippen LogP contribution is 2.37. The highest BCUT2D eigenvalue weighted by molar-refractivity contribution is 7.98. The minimum Gasteiger partial charge on any atom is -0.487 e. The molecule has 3 aliphatic heterocycles. The van der Waals surface area contributed by atoms with Crippen molar-refractivity contribution >= 4 is 23.4 Å². The molecule has 0 saturated heterocycles. The molecule has 4 rings (SSSR count). The van der Waals surface area contributed by atoms with Gasteiger partial charge in [0.1, 0.15) is 17.2 Å². The molecular weight excluding hydrogens is 280 g/mol. The van der Waals surface area contributed by atoms with Gasteiger partial charge in [-0.25, -0.2) is 0 Å². The Hall–Kier alpha value is -1.68. The summed E-state index contributed by atoms with van der Waals surface area (Å²) in [5, 5.41) is 0. The van der Waals surface area contributed by atoms with Gasteiger partial charge >= 0.3 is 0 Å². The molecule has 0 saturated carbocycles. The summed E-state index contributed by atoms with van der Waals surface area (Å²) in [5.41, 5.74) is 3.64. The van der Waals surface area contributed by atoms with E-state index >= 15 is 0 Å². The lowest BCUT2D eigenvalue weighted by molar-refractivity contribution is 0.138. The molecular formula is C17H18N2OS. The van der Waals surface area contributed by atoms with Crippen LogP contribution in [0.4, 0.5) is 0 Å². The fourth-order valence-electron chi connectivity index (χ4n) is 3.07. The monoisotopic (exact) mass is 298 g/mol. The Morgan fingerprint density at radius 3 is 3.14 bits per heavy atom. The van der Waals surface area contributed by atoms with Crippen molar-refractivity contribution in [3.63, 3.8) is 0 Å². The second-order valence-electron chi connectivity index (χ2n) is 6.22. The average molecular weight is 298 g/mol. The van der Waals surface area contributed by atoms with Crippen LogP contribution in [0, 0.1) is 0 Å². The molecule has 0 radical (unpaired) electrons. The van der Waals surface area contributed by atoms with E-state index in [-0.39, 0.29) is 5.60 Å². The fourth-order valence-corrected chi connectivity index (χ4v) is 3.77. The first-order valence-corrected chi connectivity index (χ1v) is 8.24. The average Bonchev–Trinajstić information content (AvgIpc) is 2.79. The van der Waals surface area contributed by atoms with E-state index in [1.54, 1.807) is 11.9 Å². The molecule has 4 heteroatoms. The first kappa shape index (κ1) is 13.0. The summed E-state index contributed by atoms with van der Waals surface area (Å²) in [7, 11) is 0. The normalized spacial score (nSPS) is 22.1. The van der Waals surface area contributed by atoms with Crippen LogP contribution in [-0.2, 0) is 6.42 Å². The molecule has 3 heterocycles. The van der Waals surface area contributed by atoms with Gasteiger partial charge < -0.3 is 9.64 Å². The molecule has 1 aromatic carbocycles. The van der Waals surface area contributed by atoms with Crippen molar-refractivity contribution < 1.29 is 4.74 Å². The number of ether oxygens (including phenoxy) is 1. The maximum atomic E-state index is 5.97. The van der Waals surface area contributed by atoms with Crippen molar-refractivity contribution in [1.29, 1.82) is 0 Å². The van der Waals surface area contributed by atoms with E-state index in [0.29, 0.717) is 0 Å². The van der Waals surface area contributed by atoms with Gasteiger partial charge in [0.05, 0.1) is 0 Å². The van der Waals surface area contributed by atoms with Crippen LogP contribution in [0.3, 0.4) is 0 Å². The molecule has 0 N–H and O–H groups in total. The van der Waals surface area contributed by atoms with Gasteiger partial charge in [-0.1, -0.05) is 6.07 Å². The zero-order valence-electron chi connectivity index (χ0n) is 12.3. The highest BCUT2D eigenvalue weighted by Gasteiger charge is 2.31. The zero-order chi connectivity index (χ0) is 14.4. The number of hydrogen-bond acceptors (Lipinski definition) is 4. The maximum Gasteiger partial charge on any atom is 0.148 e. The minimum absolute atomic E-state index is 0.0912. The van der Waals surface area contributed by atoms with Crippen LogP contribution in [0.2, 0.25) is 0 Å². The van der Waals surface area contributed by atoms with Crippen molar-refractivity contribution in [1.82, 2.24) is 4.90 Å². The number of allylic oxidation sites excluding steroid dienone is 2. The second-order valence-corrected chi connectivity index (χ2v) is 7.07. The van der Waals surface area contributed by atoms with Crippen LogP contribution < -0.4 is 4.74 Å². The lowest BCUT2D eigenvalue weighted by atomic mass is 9.96. The molecule has 0 amide bonds. The van der Waals surface area contributed by atoms with E-state index in [2.05, 4.69) is 59.7 Å². The van der Waals surface area contributed by atoms with Crippen molar-refractivity contribution in [2.45, 2.75) is 25.9 Å². The van der Waals surface area contributed by atoms with Gasteiger partial charge in [0.15, 0.2) is 0 Å². The minimum atomic E-state index is -0.0912. The Balaban J connectivity index is 1.73. The molecule has 108 valence electrons. The van der Waals surface area contributed by atoms with Crippen LogP contribution >= 0.6 is 11.9 Å². The molecule has 0 aromatic heterocycles. The summed E-state index contributed by atoms with van der Waals surface area (Å²) < 4.78 is 10.6. The third-order valence-electron chi connectivity index (χ3n) is 3.99. The van der Waals surface area contributed by atoms with Crippen LogP contribution in [0.25, 0.3) is 5.57 Å². The van der Waals surface area contributed by atoms with E-state index in [1.807, 2.05) is 0 Å². The topological polar surface area (TPSA) is 24.8 Å². The molecule has 0 atom stereocenters. The largest absolute Gasteiger partial charge is 0.487 e. The number of rotatable bonds is 1. The van der Waals surface area contributed by atoms with E-state index in [4.69, 9.17) is 4.74 Å². The van der Waals surface area contributed by atoms with Crippen molar-refractivity contribution in [2.75, 3.05) is 12.3 Å². The summed E-state index contributed by atoms with van der Waals surface area (Å²) in [6.07, 6.45) is 7.34. The van der Waals surface area contributed by atoms with Crippen molar-refractivity contribution in [3.05, 3.63) is 47.7 Å². The fraction of sp³-hybridized carbons (Fsp3) is 0.353. The van der Waals surface area contributed by atoms with E-state index < -0.39 is 0 Å². The zero-order valence-corrected chi connectivity index (χ0v) is 13.1. The van der Waals surface area contributed by atoms with Crippen LogP contribution in [0.1, 0.15) is 25.0 Å². The Morgan fingerprint density at radius 1 is 1.33 bits per heavy atom. The molecule has 21 heavy (non-hydrogen) atoms. The summed E-state index contributed by atoms with van der Waals surface area (Å²) in [4.78, 5) is 2.24. The highest BCUT2D eigenvalue weighted by atomic mass is 32.2. The third-order valence-corrected chi connectivity index (χ3v) is 4.66. The smallest absolute Gasteiger partial charge is 0.148 e. The molecule has 1 aromatic rings. The molecule has 0 bridgehead atoms. The lowest BCUT2D eigenvalue weighted by Gasteiger charge is -2.29. The molecule has 0 spiro atoms. The van der Waals surface area contributed by atoms with Crippen molar-refractivity contribution in [3.8, 4) is 5.75 Å². The van der Waals surface area contributed by atoms with Gasteiger partial charge in [-0.3, -0.25) is 0 Å². The Kier molecular flexibility index (Phi) is 2.89. The first-order chi connectivity index (χ1) is 10.1. The number of amidine groups is 1. The van der Waals surface area contributed by atoms with E-state index in [9.17, 15) is 0 Å². The van der Waals surface area contributed by atoms with Crippen LogP contribution in [0.5, 0.6) is 5.75 Å². The van der Waals surface area contributed by atoms with Crippen molar-refractivity contribution in [2.24, 2.45) is 4.40 Å². The Bertz CT molecular complexity index is 688. The van der Waals surface area contributed by atoms with Gasteiger partial charge in [0, 0.05) is 30.5 Å². The maximum absolute atomic E-state index is 5.97. The van der Waals surface area contributed by atoms with Gasteiger partial charge in [-0.15, -0.1) is 0 Å². The number of nitrogens with zero attached hydrogens (tertiary/aromatic N) is 2. The molecule has 0 aliphatic carbocycles. The lowest BCUT2D eigenvalue weighted by Crippen LogP contribution is -2.32. The molecule has 0 unspecified atom stereocenters. The number of fused-ring (bicyclic) bond motifs is 2. The Labute approximate surface area is 129 Å². The van der Waals surface area contributed by atoms with E-state index in [0.717, 1.165) is 30.3 Å². The second kappa shape index (κ2) is 4.67. The summed E-state index contributed by atoms with van der Waals surface area (Å²) in [6.45, 7) is 5.30. The molecule has 0 fully saturated rings. The number of hydrogen-bond donors (Lipinski definition) is 0. The predicted molar refractivity (Wildman–Crippen MR) is 88.6 cm³/mol. The first-order valence-electron chi connectivity index (χ1n) is 7.30. The summed E-state index contributed by atoms with van der Waals surface area (Å²) in [6, 6.07) is 6.50. The quantitative estimate of drug-likeness (QED) is 0.740. The molecule has 3 aliphatic rings. The SMILES string of the molecule is CC1(C)Cc2cc(C3=CC=CN4CCSN=C34)ccc2O1. The standard InChI is InChI=1S/C17H18N2OS/c1-17(2)11-13-10-12(5-6-15(13)20-17)14-4-3-7-19-8-9-21-18-16(14)19/h3-7,10H,8-9,11H2,1-2H3. The van der Waals surface area contributed by atoms with E-state index in [1.165, 1.54) is 16.7 Å².